The number of alkyl halides is 1. The summed E-state index contributed by atoms with van der Waals surface area (Å²) in [6.45, 7) is -9.41. The summed E-state index contributed by atoms with van der Waals surface area (Å²) in [5.74, 6) is 0. The first-order valence-corrected chi connectivity index (χ1v) is 1.73. The molecule has 0 aliphatic heterocycles. The van der Waals surface area contributed by atoms with E-state index in [2.05, 4.69) is 15.9 Å². The molecular formula is C4H9Br. The maximum absolute atomic E-state index is 6.96. The van der Waals surface area contributed by atoms with Crippen molar-refractivity contribution in [2.24, 2.45) is 0 Å². The van der Waals surface area contributed by atoms with Gasteiger partial charge in [-0.3, -0.25) is 0 Å². The molecule has 0 nitrogen and oxygen atoms in total. The molecule has 0 saturated heterocycles. The van der Waals surface area contributed by atoms with E-state index in [1.165, 1.54) is 0 Å². The molecule has 0 rings (SSSR count). The van der Waals surface area contributed by atoms with E-state index in [0.29, 0.717) is 0 Å². The molecule has 32 valence electrons. The van der Waals surface area contributed by atoms with Crippen molar-refractivity contribution >= 4 is 15.9 Å². The Kier molecular flexibility index (Phi) is 0.156. The molecule has 5 heavy (non-hydrogen) atoms. The van der Waals surface area contributed by atoms with Crippen molar-refractivity contribution in [3.8, 4) is 0 Å². The maximum Gasteiger partial charge on any atom is 0.0244 e. The summed E-state index contributed by atoms with van der Waals surface area (Å²) in [4.78, 5) is 0. The van der Waals surface area contributed by atoms with Crippen LogP contribution in [-0.4, -0.2) is 4.32 Å². The fourth-order valence-corrected chi connectivity index (χ4v) is 0. The average Bonchev–Trinajstić information content (AvgIpc) is 1.77. The normalized spacial score (nSPS) is 46.2. The summed E-state index contributed by atoms with van der Waals surface area (Å²) < 4.78 is 59.8. The van der Waals surface area contributed by atoms with Crippen molar-refractivity contribution in [3.05, 3.63) is 0 Å². The third-order valence-corrected chi connectivity index (χ3v) is 0. The second-order valence-corrected chi connectivity index (χ2v) is 1.85. The highest BCUT2D eigenvalue weighted by atomic mass is 79.9. The second kappa shape index (κ2) is 1.29. The average molecular weight is 146 g/mol. The lowest BCUT2D eigenvalue weighted by Crippen LogP contribution is -1.97. The molecule has 0 aromatic rings. The van der Waals surface area contributed by atoms with Crippen molar-refractivity contribution in [2.45, 2.75) is 24.9 Å². The molecule has 0 atom stereocenters. The minimum Gasteiger partial charge on any atom is -0.0862 e. The Morgan fingerprint density at radius 2 is 2.00 bits per heavy atom. The Balaban J connectivity index is 5.54. The van der Waals surface area contributed by atoms with Crippen LogP contribution in [0.1, 0.15) is 32.9 Å². The number of halogens is 1. The van der Waals surface area contributed by atoms with Gasteiger partial charge in [0.05, 0.1) is 0 Å². The molecule has 1 heteroatoms. The minimum atomic E-state index is -3.14. The van der Waals surface area contributed by atoms with Gasteiger partial charge in [0, 0.05) is 16.7 Å². The van der Waals surface area contributed by atoms with Gasteiger partial charge in [0.1, 0.15) is 0 Å². The van der Waals surface area contributed by atoms with Crippen LogP contribution >= 0.6 is 15.9 Å². The van der Waals surface area contributed by atoms with E-state index in [1.54, 1.807) is 0 Å². The van der Waals surface area contributed by atoms with Crippen LogP contribution in [0, 0.1) is 0 Å². The summed E-state index contributed by atoms with van der Waals surface area (Å²) in [6.07, 6.45) is 0. The zero-order valence-electron chi connectivity index (χ0n) is 11.4. The van der Waals surface area contributed by atoms with Crippen LogP contribution in [0.25, 0.3) is 0 Å². The summed E-state index contributed by atoms with van der Waals surface area (Å²) in [5, 5.41) is 0. The highest BCUT2D eigenvalue weighted by Gasteiger charge is 1.98. The maximum atomic E-state index is 6.96. The summed E-state index contributed by atoms with van der Waals surface area (Å²) >= 11 is 2.36. The van der Waals surface area contributed by atoms with Crippen molar-refractivity contribution in [2.75, 3.05) is 0 Å². The minimum absolute atomic E-state index is 2.36. The number of hydrogen-bond donors (Lipinski definition) is 0. The molecule has 0 aliphatic carbocycles. The highest BCUT2D eigenvalue weighted by molar-refractivity contribution is 9.10. The SMILES string of the molecule is [2H]C([2H])([2H])C(Br)(C([2H])([2H])[2H])C([2H])([2H])[2H]. The topological polar surface area (TPSA) is 0 Å². The first-order valence-electron chi connectivity index (χ1n) is 5.44. The van der Waals surface area contributed by atoms with Gasteiger partial charge in [0.2, 0.25) is 0 Å². The molecule has 0 fully saturated rings. The van der Waals surface area contributed by atoms with Crippen LogP contribution in [0.15, 0.2) is 0 Å². The first kappa shape index (κ1) is 0.605. The number of hydrogen-bond acceptors (Lipinski definition) is 0. The van der Waals surface area contributed by atoms with E-state index in [-0.39, 0.29) is 0 Å². The third-order valence-electron chi connectivity index (χ3n) is 0. The molecule has 0 bridgehead atoms. The fraction of sp³-hybridized carbons (Fsp3) is 1.00. The molecule has 0 heterocycles. The van der Waals surface area contributed by atoms with E-state index in [9.17, 15) is 0 Å². The lowest BCUT2D eigenvalue weighted by molar-refractivity contribution is 0.824. The molecule has 0 aromatic carbocycles. The lowest BCUT2D eigenvalue weighted by Gasteiger charge is -2.02. The molecule has 0 N–H and O–H groups in total. The van der Waals surface area contributed by atoms with Crippen LogP contribution < -0.4 is 0 Å². The summed E-state index contributed by atoms with van der Waals surface area (Å²) in [6, 6.07) is 0. The first-order chi connectivity index (χ1) is 5.75. The molecule has 0 aromatic heterocycles. The van der Waals surface area contributed by atoms with Crippen LogP contribution in [-0.2, 0) is 0 Å². The van der Waals surface area contributed by atoms with E-state index < -0.39 is 24.9 Å². The molecular weight excluding hydrogens is 128 g/mol. The van der Waals surface area contributed by atoms with E-state index in [4.69, 9.17) is 12.3 Å². The monoisotopic (exact) mass is 145 g/mol. The Hall–Kier alpha value is 0.480. The van der Waals surface area contributed by atoms with Gasteiger partial charge in [-0.05, 0) is 0 Å². The summed E-state index contributed by atoms with van der Waals surface area (Å²) in [7, 11) is 0. The van der Waals surface area contributed by atoms with Gasteiger partial charge in [-0.1, -0.05) is 36.5 Å². The molecule has 0 saturated carbocycles. The number of rotatable bonds is 0. The smallest absolute Gasteiger partial charge is 0.0244 e. The van der Waals surface area contributed by atoms with Gasteiger partial charge in [0.25, 0.3) is 0 Å². The Bertz CT molecular complexity index is 170. The van der Waals surface area contributed by atoms with Gasteiger partial charge < -0.3 is 0 Å². The Labute approximate surface area is 54.3 Å². The van der Waals surface area contributed by atoms with Gasteiger partial charge in [-0.15, -0.1) is 0 Å². The van der Waals surface area contributed by atoms with Crippen molar-refractivity contribution in [3.63, 3.8) is 0 Å². The highest BCUT2D eigenvalue weighted by Crippen LogP contribution is 2.11. The quantitative estimate of drug-likeness (QED) is 0.459. The zero-order valence-corrected chi connectivity index (χ0v) is 3.96. The predicted octanol–water partition coefficient (Wildman–Crippen LogP) is 2.18. The predicted molar refractivity (Wildman–Crippen MR) is 28.7 cm³/mol. The lowest BCUT2D eigenvalue weighted by atomic mass is 10.3. The van der Waals surface area contributed by atoms with Crippen LogP contribution in [0.5, 0.6) is 0 Å². The Morgan fingerprint density at radius 3 is 2.00 bits per heavy atom. The largest absolute Gasteiger partial charge is 0.0862 e. The van der Waals surface area contributed by atoms with Gasteiger partial charge in [-0.25, -0.2) is 0 Å². The van der Waals surface area contributed by atoms with E-state index >= 15 is 0 Å². The Morgan fingerprint density at radius 1 is 1.60 bits per heavy atom. The van der Waals surface area contributed by atoms with Gasteiger partial charge in [-0.2, -0.15) is 0 Å². The van der Waals surface area contributed by atoms with Crippen molar-refractivity contribution in [1.82, 2.24) is 0 Å². The van der Waals surface area contributed by atoms with E-state index in [0.717, 1.165) is 0 Å². The molecule has 0 radical (unpaired) electrons. The molecule has 0 spiro atoms. The second-order valence-electron chi connectivity index (χ2n) is 0.658. The zero-order chi connectivity index (χ0) is 12.0. The van der Waals surface area contributed by atoms with Gasteiger partial charge >= 0.3 is 0 Å². The van der Waals surface area contributed by atoms with Crippen LogP contribution in [0.3, 0.4) is 0 Å². The van der Waals surface area contributed by atoms with E-state index in [1.807, 2.05) is 0 Å². The molecule has 0 unspecified atom stereocenters. The van der Waals surface area contributed by atoms with Crippen LogP contribution in [0.2, 0.25) is 0 Å². The standard InChI is InChI=1S/C4H9Br/c1-4(2,3)5/h1-3H3/i1D3,2D3,3D3. The third kappa shape index (κ3) is 120. The van der Waals surface area contributed by atoms with Crippen LogP contribution in [0.4, 0.5) is 0 Å². The molecule has 0 amide bonds. The fourth-order valence-electron chi connectivity index (χ4n) is 0. The van der Waals surface area contributed by atoms with Gasteiger partial charge in [0.15, 0.2) is 0 Å². The van der Waals surface area contributed by atoms with Crippen molar-refractivity contribution < 1.29 is 12.3 Å². The summed E-state index contributed by atoms with van der Waals surface area (Å²) in [5.41, 5.74) is 0. The van der Waals surface area contributed by atoms with Crippen molar-refractivity contribution in [1.29, 1.82) is 0 Å². The molecule has 0 aliphatic rings.